The van der Waals surface area contributed by atoms with E-state index in [9.17, 15) is 26.3 Å². The maximum atomic E-state index is 13.1. The van der Waals surface area contributed by atoms with Crippen LogP contribution < -0.4 is 22.9 Å². The number of anilines is 4. The van der Waals surface area contributed by atoms with Gasteiger partial charge in [0, 0.05) is 22.7 Å². The predicted octanol–water partition coefficient (Wildman–Crippen LogP) is 9.77. The molecule has 0 heterocycles. The third-order valence-electron chi connectivity index (χ3n) is 8.63. The molecular weight excluding hydrogens is 638 g/mol. The van der Waals surface area contributed by atoms with Crippen LogP contribution in [0.4, 0.5) is 49.1 Å². The van der Waals surface area contributed by atoms with Gasteiger partial charge in [-0.05, 0) is 93.0 Å². The van der Waals surface area contributed by atoms with Crippen molar-refractivity contribution in [2.24, 2.45) is 0 Å². The van der Waals surface area contributed by atoms with Gasteiger partial charge in [-0.3, -0.25) is 0 Å². The highest BCUT2D eigenvalue weighted by molar-refractivity contribution is 5.86. The van der Waals surface area contributed by atoms with Gasteiger partial charge in [0.2, 0.25) is 0 Å². The number of alkyl halides is 6. The Hall–Kier alpha value is -5.90. The molecule has 49 heavy (non-hydrogen) atoms. The second-order valence-electron chi connectivity index (χ2n) is 11.7. The van der Waals surface area contributed by atoms with Crippen molar-refractivity contribution in [2.45, 2.75) is 17.8 Å². The zero-order valence-corrected chi connectivity index (χ0v) is 25.8. The minimum absolute atomic E-state index is 0.194. The van der Waals surface area contributed by atoms with Crippen molar-refractivity contribution in [3.63, 3.8) is 0 Å². The highest BCUT2D eigenvalue weighted by atomic mass is 19.4. The molecular formula is C39H30F6N4. The maximum Gasteiger partial charge on any atom is 0.417 e. The minimum Gasteiger partial charge on any atom is -0.399 e. The first-order valence-electron chi connectivity index (χ1n) is 15.1. The fraction of sp³-hybridized carbons (Fsp3) is 0.0769. The molecule has 0 saturated heterocycles. The first kappa shape index (κ1) is 33.0. The van der Waals surface area contributed by atoms with Crippen LogP contribution in [0.5, 0.6) is 0 Å². The minimum atomic E-state index is -4.84. The van der Waals surface area contributed by atoms with Gasteiger partial charge in [-0.2, -0.15) is 26.3 Å². The van der Waals surface area contributed by atoms with Crippen LogP contribution in [0, 0.1) is 0 Å². The van der Waals surface area contributed by atoms with E-state index in [1.165, 1.54) is 33.4 Å². The molecule has 4 nitrogen and oxygen atoms in total. The molecule has 0 aromatic heterocycles. The van der Waals surface area contributed by atoms with Crippen LogP contribution in [0.25, 0.3) is 22.3 Å². The molecule has 1 aliphatic carbocycles. The molecule has 0 radical (unpaired) electrons. The molecule has 6 aromatic rings. The van der Waals surface area contributed by atoms with E-state index in [1.54, 1.807) is 0 Å². The van der Waals surface area contributed by atoms with Crippen molar-refractivity contribution >= 4 is 22.7 Å². The van der Waals surface area contributed by atoms with Gasteiger partial charge >= 0.3 is 12.4 Å². The summed E-state index contributed by atoms with van der Waals surface area (Å²) in [5.41, 5.74) is 27.3. The van der Waals surface area contributed by atoms with Gasteiger partial charge in [0.05, 0.1) is 16.5 Å². The first-order chi connectivity index (χ1) is 23.2. The second kappa shape index (κ2) is 12.3. The molecule has 0 atom stereocenters. The summed E-state index contributed by atoms with van der Waals surface area (Å²) in [5.74, 6) is 0. The van der Waals surface area contributed by atoms with Crippen molar-refractivity contribution in [3.8, 4) is 22.3 Å². The summed E-state index contributed by atoms with van der Waals surface area (Å²) >= 11 is 0. The van der Waals surface area contributed by atoms with E-state index in [1.807, 2.05) is 24.3 Å². The Morgan fingerprint density at radius 2 is 0.694 bits per heavy atom. The molecule has 7 rings (SSSR count). The fourth-order valence-electron chi connectivity index (χ4n) is 6.55. The zero-order valence-electron chi connectivity index (χ0n) is 25.8. The van der Waals surface area contributed by atoms with Crippen LogP contribution >= 0.6 is 0 Å². The quantitative estimate of drug-likeness (QED) is 0.111. The Kier molecular flexibility index (Phi) is 8.27. The number of benzene rings is 6. The van der Waals surface area contributed by atoms with Crippen molar-refractivity contribution in [2.75, 3.05) is 22.9 Å². The molecule has 248 valence electrons. The Morgan fingerprint density at radius 3 is 1.04 bits per heavy atom. The van der Waals surface area contributed by atoms with Gasteiger partial charge in [-0.1, -0.05) is 84.9 Å². The van der Waals surface area contributed by atoms with E-state index >= 15 is 0 Å². The first-order valence-corrected chi connectivity index (χ1v) is 15.1. The van der Waals surface area contributed by atoms with Crippen molar-refractivity contribution in [1.82, 2.24) is 0 Å². The van der Waals surface area contributed by atoms with Gasteiger partial charge in [0.15, 0.2) is 0 Å². The SMILES string of the molecule is Nc1ccc(-c2ccc(N)cc2C(F)(F)F)c(C(F)(F)F)c1.Nc1ccc(C2(c3ccc(N)cc3)c3ccccc3-c3ccccc32)cc1. The number of rotatable bonds is 3. The summed E-state index contributed by atoms with van der Waals surface area (Å²) in [6.07, 6.45) is -9.68. The summed E-state index contributed by atoms with van der Waals surface area (Å²) in [7, 11) is 0. The molecule has 0 spiro atoms. The van der Waals surface area contributed by atoms with Gasteiger partial charge < -0.3 is 22.9 Å². The zero-order chi connectivity index (χ0) is 35.1. The lowest BCUT2D eigenvalue weighted by atomic mass is 9.67. The second-order valence-corrected chi connectivity index (χ2v) is 11.7. The van der Waals surface area contributed by atoms with E-state index in [-0.39, 0.29) is 16.8 Å². The molecule has 6 aromatic carbocycles. The van der Waals surface area contributed by atoms with Crippen LogP contribution in [0.1, 0.15) is 33.4 Å². The lowest BCUT2D eigenvalue weighted by molar-refractivity contribution is -0.139. The Balaban J connectivity index is 0.000000174. The Bertz CT molecular complexity index is 1980. The summed E-state index contributed by atoms with van der Waals surface area (Å²) in [4.78, 5) is 0. The van der Waals surface area contributed by atoms with E-state index in [2.05, 4.69) is 72.8 Å². The molecule has 0 unspecified atom stereocenters. The van der Waals surface area contributed by atoms with Crippen LogP contribution in [-0.2, 0) is 17.8 Å². The smallest absolute Gasteiger partial charge is 0.399 e. The molecule has 0 bridgehead atoms. The average molecular weight is 669 g/mol. The lowest BCUT2D eigenvalue weighted by Gasteiger charge is -2.34. The maximum absolute atomic E-state index is 13.1. The molecule has 0 amide bonds. The predicted molar refractivity (Wildman–Crippen MR) is 183 cm³/mol. The molecule has 10 heteroatoms. The van der Waals surface area contributed by atoms with E-state index in [0.29, 0.717) is 12.1 Å². The van der Waals surface area contributed by atoms with Gasteiger partial charge in [0.25, 0.3) is 0 Å². The molecule has 1 aliphatic rings. The number of nitrogen functional groups attached to an aromatic ring is 4. The van der Waals surface area contributed by atoms with Crippen LogP contribution in [0.15, 0.2) is 133 Å². The Labute approximate surface area is 278 Å². The molecule has 0 saturated carbocycles. The number of nitrogens with two attached hydrogens (primary N) is 4. The normalized spacial score (nSPS) is 13.2. The van der Waals surface area contributed by atoms with Crippen molar-refractivity contribution in [1.29, 1.82) is 0 Å². The summed E-state index contributed by atoms with van der Waals surface area (Å²) in [5, 5.41) is 0. The van der Waals surface area contributed by atoms with Gasteiger partial charge in [0.1, 0.15) is 0 Å². The summed E-state index contributed by atoms with van der Waals surface area (Å²) in [6, 6.07) is 39.1. The van der Waals surface area contributed by atoms with Crippen molar-refractivity contribution in [3.05, 3.63) is 167 Å². The van der Waals surface area contributed by atoms with Gasteiger partial charge in [-0.25, -0.2) is 0 Å². The van der Waals surface area contributed by atoms with Crippen LogP contribution in [0.2, 0.25) is 0 Å². The molecule has 0 aliphatic heterocycles. The number of hydrogen-bond acceptors (Lipinski definition) is 4. The topological polar surface area (TPSA) is 104 Å². The monoisotopic (exact) mass is 668 g/mol. The number of halogens is 6. The van der Waals surface area contributed by atoms with Crippen molar-refractivity contribution < 1.29 is 26.3 Å². The van der Waals surface area contributed by atoms with Crippen LogP contribution in [-0.4, -0.2) is 0 Å². The Morgan fingerprint density at radius 1 is 0.367 bits per heavy atom. The highest BCUT2D eigenvalue weighted by Crippen LogP contribution is 2.56. The fourth-order valence-corrected chi connectivity index (χ4v) is 6.55. The summed E-state index contributed by atoms with van der Waals surface area (Å²) in [6.45, 7) is 0. The number of fused-ring (bicyclic) bond motifs is 3. The van der Waals surface area contributed by atoms with Crippen LogP contribution in [0.3, 0.4) is 0 Å². The lowest BCUT2D eigenvalue weighted by Crippen LogP contribution is -2.28. The van der Waals surface area contributed by atoms with Gasteiger partial charge in [-0.15, -0.1) is 0 Å². The molecule has 0 fully saturated rings. The largest absolute Gasteiger partial charge is 0.417 e. The van der Waals surface area contributed by atoms with E-state index in [0.717, 1.165) is 35.6 Å². The average Bonchev–Trinajstić information content (AvgIpc) is 3.36. The summed E-state index contributed by atoms with van der Waals surface area (Å²) < 4.78 is 78.4. The molecule has 8 N–H and O–H groups in total. The third-order valence-corrected chi connectivity index (χ3v) is 8.63. The van der Waals surface area contributed by atoms with E-state index in [4.69, 9.17) is 22.9 Å². The standard InChI is InChI=1S/C25H20N2.C14H10F6N2/c26-19-13-9-17(10-14-19)25(18-11-15-20(27)16-12-18)23-7-3-1-5-21(23)22-6-2-4-8-24(22)25;15-13(16,17)11-5-7(21)1-3-9(11)10-4-2-8(22)6-12(10)14(18,19)20/h1-16H,26-27H2;1-6H,21-22H2. The third kappa shape index (κ3) is 6.01. The number of hydrogen-bond donors (Lipinski definition) is 4. The highest BCUT2D eigenvalue weighted by Gasteiger charge is 2.45. The van der Waals surface area contributed by atoms with E-state index < -0.39 is 34.6 Å².